The standard InChI is InChI=1S/C8H8N2OS2/c11-2-4-13-8-9-5-6-1-3-12-7(6)10-8/h1,3,5,11H,2,4H2. The molecule has 0 radical (unpaired) electrons. The molecule has 1 N–H and O–H groups in total. The van der Waals surface area contributed by atoms with Gasteiger partial charge in [0.05, 0.1) is 6.61 Å². The molecule has 2 aromatic heterocycles. The molecule has 0 fully saturated rings. The molecule has 5 heteroatoms. The maximum absolute atomic E-state index is 8.63. The molecule has 0 atom stereocenters. The van der Waals surface area contributed by atoms with Gasteiger partial charge in [0.25, 0.3) is 0 Å². The minimum absolute atomic E-state index is 0.163. The average Bonchev–Trinajstić information content (AvgIpc) is 2.61. The Morgan fingerprint density at radius 1 is 1.54 bits per heavy atom. The predicted octanol–water partition coefficient (Wildman–Crippen LogP) is 1.78. The summed E-state index contributed by atoms with van der Waals surface area (Å²) in [7, 11) is 0. The fourth-order valence-electron chi connectivity index (χ4n) is 0.947. The normalized spacial score (nSPS) is 10.8. The van der Waals surface area contributed by atoms with Crippen LogP contribution in [0.3, 0.4) is 0 Å². The van der Waals surface area contributed by atoms with Crippen molar-refractivity contribution in [2.24, 2.45) is 0 Å². The van der Waals surface area contributed by atoms with Crippen molar-refractivity contribution < 1.29 is 5.11 Å². The summed E-state index contributed by atoms with van der Waals surface area (Å²) in [5.74, 6) is 0.650. The van der Waals surface area contributed by atoms with Gasteiger partial charge < -0.3 is 5.11 Å². The molecule has 0 spiro atoms. The van der Waals surface area contributed by atoms with Gasteiger partial charge in [-0.25, -0.2) is 9.97 Å². The minimum atomic E-state index is 0.163. The molecule has 0 bridgehead atoms. The maximum atomic E-state index is 8.63. The van der Waals surface area contributed by atoms with E-state index in [-0.39, 0.29) is 6.61 Å². The second kappa shape index (κ2) is 4.04. The first kappa shape index (κ1) is 8.93. The van der Waals surface area contributed by atoms with Gasteiger partial charge >= 0.3 is 0 Å². The van der Waals surface area contributed by atoms with E-state index in [0.29, 0.717) is 5.75 Å². The van der Waals surface area contributed by atoms with E-state index in [4.69, 9.17) is 5.11 Å². The molecule has 0 aromatic carbocycles. The molecule has 0 aliphatic heterocycles. The van der Waals surface area contributed by atoms with Crippen molar-refractivity contribution >= 4 is 33.3 Å². The highest BCUT2D eigenvalue weighted by Gasteiger charge is 2.00. The summed E-state index contributed by atoms with van der Waals surface area (Å²) in [4.78, 5) is 9.51. The average molecular weight is 212 g/mol. The van der Waals surface area contributed by atoms with E-state index >= 15 is 0 Å². The summed E-state index contributed by atoms with van der Waals surface area (Å²) in [6.45, 7) is 0.163. The lowest BCUT2D eigenvalue weighted by Crippen LogP contribution is -1.90. The van der Waals surface area contributed by atoms with Crippen molar-refractivity contribution in [2.45, 2.75) is 5.16 Å². The van der Waals surface area contributed by atoms with E-state index in [1.54, 1.807) is 11.3 Å². The molecule has 0 unspecified atom stereocenters. The quantitative estimate of drug-likeness (QED) is 0.622. The fraction of sp³-hybridized carbons (Fsp3) is 0.250. The van der Waals surface area contributed by atoms with E-state index < -0.39 is 0 Å². The van der Waals surface area contributed by atoms with Crippen molar-refractivity contribution in [2.75, 3.05) is 12.4 Å². The summed E-state index contributed by atoms with van der Waals surface area (Å²) in [6.07, 6.45) is 1.82. The van der Waals surface area contributed by atoms with Crippen molar-refractivity contribution in [3.05, 3.63) is 17.6 Å². The van der Waals surface area contributed by atoms with Gasteiger partial charge in [-0.05, 0) is 11.4 Å². The highest BCUT2D eigenvalue weighted by molar-refractivity contribution is 7.99. The predicted molar refractivity (Wildman–Crippen MR) is 55.2 cm³/mol. The Balaban J connectivity index is 2.26. The zero-order valence-corrected chi connectivity index (χ0v) is 8.44. The molecule has 0 aliphatic rings. The molecule has 0 saturated carbocycles. The monoisotopic (exact) mass is 212 g/mol. The number of hydrogen-bond acceptors (Lipinski definition) is 5. The number of aliphatic hydroxyl groups is 1. The first-order valence-electron chi connectivity index (χ1n) is 3.84. The Hall–Kier alpha value is -0.650. The summed E-state index contributed by atoms with van der Waals surface area (Å²) < 4.78 is 0. The number of nitrogens with zero attached hydrogens (tertiary/aromatic N) is 2. The number of aliphatic hydroxyl groups excluding tert-OH is 1. The second-order valence-corrected chi connectivity index (χ2v) is 4.36. The van der Waals surface area contributed by atoms with Crippen LogP contribution >= 0.6 is 23.1 Å². The van der Waals surface area contributed by atoms with Crippen LogP contribution in [0.5, 0.6) is 0 Å². The molecule has 0 aliphatic carbocycles. The first-order valence-corrected chi connectivity index (χ1v) is 5.70. The molecule has 0 saturated heterocycles. The lowest BCUT2D eigenvalue weighted by molar-refractivity contribution is 0.322. The topological polar surface area (TPSA) is 46.0 Å². The van der Waals surface area contributed by atoms with Gasteiger partial charge in [0.15, 0.2) is 5.16 Å². The highest BCUT2D eigenvalue weighted by atomic mass is 32.2. The van der Waals surface area contributed by atoms with Crippen LogP contribution in [0, 0.1) is 0 Å². The highest BCUT2D eigenvalue weighted by Crippen LogP contribution is 2.20. The molecule has 0 amide bonds. The van der Waals surface area contributed by atoms with Crippen molar-refractivity contribution in [1.29, 1.82) is 0 Å². The van der Waals surface area contributed by atoms with Crippen LogP contribution < -0.4 is 0 Å². The summed E-state index contributed by atoms with van der Waals surface area (Å²) in [6, 6.07) is 2.00. The number of thiophene rings is 1. The number of rotatable bonds is 3. The van der Waals surface area contributed by atoms with Gasteiger partial charge in [-0.2, -0.15) is 0 Å². The molecule has 68 valence electrons. The lowest BCUT2D eigenvalue weighted by atomic mass is 10.4. The number of fused-ring (bicyclic) bond motifs is 1. The smallest absolute Gasteiger partial charge is 0.188 e. The van der Waals surface area contributed by atoms with Crippen LogP contribution in [0.15, 0.2) is 22.8 Å². The van der Waals surface area contributed by atoms with Crippen molar-refractivity contribution in [3.8, 4) is 0 Å². The number of aromatic nitrogens is 2. The largest absolute Gasteiger partial charge is 0.396 e. The van der Waals surface area contributed by atoms with Crippen LogP contribution in [0.25, 0.3) is 10.2 Å². The molecule has 2 aromatic rings. The zero-order chi connectivity index (χ0) is 9.10. The Labute approximate surface area is 83.8 Å². The van der Waals surface area contributed by atoms with Gasteiger partial charge in [-0.15, -0.1) is 11.3 Å². The Morgan fingerprint density at radius 3 is 3.31 bits per heavy atom. The van der Waals surface area contributed by atoms with Gasteiger partial charge in [0.2, 0.25) is 0 Å². The fourth-order valence-corrected chi connectivity index (χ4v) is 2.30. The first-order chi connectivity index (χ1) is 6.40. The van der Waals surface area contributed by atoms with Crippen LogP contribution in [0.2, 0.25) is 0 Å². The van der Waals surface area contributed by atoms with Crippen LogP contribution in [0.4, 0.5) is 0 Å². The van der Waals surface area contributed by atoms with E-state index in [0.717, 1.165) is 15.4 Å². The maximum Gasteiger partial charge on any atom is 0.188 e. The van der Waals surface area contributed by atoms with Crippen LogP contribution in [-0.2, 0) is 0 Å². The summed E-state index contributed by atoms with van der Waals surface area (Å²) in [5, 5.41) is 12.4. The molecule has 2 rings (SSSR count). The SMILES string of the molecule is OCCSc1ncc2ccsc2n1. The van der Waals surface area contributed by atoms with Gasteiger partial charge in [0, 0.05) is 17.3 Å². The third-order valence-corrected chi connectivity index (χ3v) is 3.17. The molecule has 3 nitrogen and oxygen atoms in total. The minimum Gasteiger partial charge on any atom is -0.396 e. The second-order valence-electron chi connectivity index (χ2n) is 2.41. The van der Waals surface area contributed by atoms with Crippen molar-refractivity contribution in [1.82, 2.24) is 9.97 Å². The summed E-state index contributed by atoms with van der Waals surface area (Å²) >= 11 is 3.08. The van der Waals surface area contributed by atoms with E-state index in [9.17, 15) is 0 Å². The Bertz CT molecular complexity index is 402. The van der Waals surface area contributed by atoms with Gasteiger partial charge in [-0.1, -0.05) is 11.8 Å². The van der Waals surface area contributed by atoms with Gasteiger partial charge in [0.1, 0.15) is 4.83 Å². The van der Waals surface area contributed by atoms with E-state index in [2.05, 4.69) is 9.97 Å². The molecular formula is C8H8N2OS2. The Kier molecular flexibility index (Phi) is 2.77. The van der Waals surface area contributed by atoms with Crippen LogP contribution in [-0.4, -0.2) is 27.4 Å². The third kappa shape index (κ3) is 1.99. The number of thioether (sulfide) groups is 1. The molecule has 2 heterocycles. The zero-order valence-electron chi connectivity index (χ0n) is 6.80. The lowest BCUT2D eigenvalue weighted by Gasteiger charge is -1.96. The molecule has 13 heavy (non-hydrogen) atoms. The molecular weight excluding hydrogens is 204 g/mol. The van der Waals surface area contributed by atoms with Crippen LogP contribution in [0.1, 0.15) is 0 Å². The third-order valence-electron chi connectivity index (χ3n) is 1.51. The number of hydrogen-bond donors (Lipinski definition) is 1. The van der Waals surface area contributed by atoms with E-state index in [1.165, 1.54) is 11.8 Å². The van der Waals surface area contributed by atoms with E-state index in [1.807, 2.05) is 17.6 Å². The summed E-state index contributed by atoms with van der Waals surface area (Å²) in [5.41, 5.74) is 0. The van der Waals surface area contributed by atoms with Crippen molar-refractivity contribution in [3.63, 3.8) is 0 Å². The van der Waals surface area contributed by atoms with Gasteiger partial charge in [-0.3, -0.25) is 0 Å². The Morgan fingerprint density at radius 2 is 2.46 bits per heavy atom.